The van der Waals surface area contributed by atoms with Crippen molar-refractivity contribution in [2.75, 3.05) is 25.0 Å². The fourth-order valence-corrected chi connectivity index (χ4v) is 5.43. The molecule has 2 atom stereocenters. The van der Waals surface area contributed by atoms with E-state index in [1.165, 1.54) is 6.42 Å². The predicted molar refractivity (Wildman–Crippen MR) is 133 cm³/mol. The molecule has 3 aliphatic rings. The highest BCUT2D eigenvalue weighted by Gasteiger charge is 2.41. The normalized spacial score (nSPS) is 24.5. The van der Waals surface area contributed by atoms with Crippen molar-refractivity contribution in [3.63, 3.8) is 0 Å². The van der Waals surface area contributed by atoms with Gasteiger partial charge < -0.3 is 16.0 Å². The van der Waals surface area contributed by atoms with Crippen LogP contribution in [0.4, 0.5) is 18.9 Å². The van der Waals surface area contributed by atoms with Crippen molar-refractivity contribution < 1.29 is 18.0 Å². The van der Waals surface area contributed by atoms with E-state index in [-0.39, 0.29) is 23.6 Å². The molecule has 186 valence electrons. The lowest BCUT2D eigenvalue weighted by Crippen LogP contribution is -2.24. The number of hydrogen-bond acceptors (Lipinski definition) is 4. The summed E-state index contributed by atoms with van der Waals surface area (Å²) in [5.41, 5.74) is 0.414. The van der Waals surface area contributed by atoms with Crippen molar-refractivity contribution >= 4 is 34.0 Å². The smallest absolute Gasteiger partial charge is 0.382 e. The molecule has 3 N–H and O–H groups in total. The molecule has 0 bridgehead atoms. The van der Waals surface area contributed by atoms with Crippen molar-refractivity contribution in [2.24, 2.45) is 11.3 Å². The highest BCUT2D eigenvalue weighted by Crippen LogP contribution is 2.44. The molecule has 3 fully saturated rings. The van der Waals surface area contributed by atoms with Crippen molar-refractivity contribution in [3.05, 3.63) is 48.3 Å². The second-order valence-corrected chi connectivity index (χ2v) is 10.2. The van der Waals surface area contributed by atoms with Crippen LogP contribution in [-0.4, -0.2) is 42.7 Å². The number of alkyl halides is 3. The number of carbonyl (C=O) groups excluding carboxylic acids is 1. The van der Waals surface area contributed by atoms with Crippen LogP contribution in [0.5, 0.6) is 0 Å². The summed E-state index contributed by atoms with van der Waals surface area (Å²) in [4.78, 5) is 16.1. The molecule has 2 heterocycles. The summed E-state index contributed by atoms with van der Waals surface area (Å²) in [5.74, 6) is 0.123. The molecule has 8 heteroatoms. The number of fused-ring (bicyclic) bond motifs is 1. The maximum absolute atomic E-state index is 13.6. The Bertz CT molecular complexity index is 1160. The van der Waals surface area contributed by atoms with Gasteiger partial charge in [-0.25, -0.2) is 4.98 Å². The van der Waals surface area contributed by atoms with Gasteiger partial charge in [-0.15, -0.1) is 0 Å². The number of aromatic nitrogens is 1. The van der Waals surface area contributed by atoms with E-state index in [0.29, 0.717) is 28.4 Å². The molecule has 5 nitrogen and oxygen atoms in total. The first-order valence-electron chi connectivity index (χ1n) is 12.4. The van der Waals surface area contributed by atoms with E-state index in [2.05, 4.69) is 27.5 Å². The molecule has 1 spiro atoms. The van der Waals surface area contributed by atoms with E-state index >= 15 is 0 Å². The first-order chi connectivity index (χ1) is 16.7. The third-order valence-electron chi connectivity index (χ3n) is 7.55. The molecule has 1 saturated heterocycles. The maximum atomic E-state index is 13.6. The summed E-state index contributed by atoms with van der Waals surface area (Å²) in [6, 6.07) is 7.44. The number of allylic oxidation sites excluding steroid dienone is 1. The number of carbonyl (C=O) groups is 1. The number of nitrogens with one attached hydrogen (secondary N) is 3. The quantitative estimate of drug-likeness (QED) is 0.499. The predicted octanol–water partition coefficient (Wildman–Crippen LogP) is 5.29. The van der Waals surface area contributed by atoms with Crippen molar-refractivity contribution in [2.45, 2.75) is 50.7 Å². The van der Waals surface area contributed by atoms with Gasteiger partial charge in [-0.2, -0.15) is 13.2 Å². The molecule has 2 aliphatic carbocycles. The Labute approximate surface area is 203 Å². The van der Waals surface area contributed by atoms with E-state index in [4.69, 9.17) is 0 Å². The molecule has 2 unspecified atom stereocenters. The highest BCUT2D eigenvalue weighted by molar-refractivity contribution is 6.00. The van der Waals surface area contributed by atoms with Gasteiger partial charge in [0.25, 0.3) is 0 Å². The topological polar surface area (TPSA) is 66.0 Å². The van der Waals surface area contributed by atoms with E-state index in [1.807, 2.05) is 12.1 Å². The van der Waals surface area contributed by atoms with Crippen LogP contribution in [0.3, 0.4) is 0 Å². The largest absolute Gasteiger partial charge is 0.417 e. The van der Waals surface area contributed by atoms with Crippen LogP contribution in [0.1, 0.15) is 49.9 Å². The third-order valence-corrected chi connectivity index (χ3v) is 7.55. The molecule has 0 radical (unpaired) electrons. The van der Waals surface area contributed by atoms with Crippen LogP contribution in [-0.2, 0) is 4.79 Å². The number of benzene rings is 1. The Morgan fingerprint density at radius 3 is 2.77 bits per heavy atom. The molecule has 1 amide bonds. The standard InChI is InChI=1S/C27H31F3N4O/c1-17(27(28,29)30)24-21-5-2-6-23(33-20-9-10-26(15-20)11-13-31-16-26)22(21)14-19(34-24)4-3-12-32-25(35)18-7-8-18/h2-6,14,18,20,31,33H,1,7-13,15-16H2,(H,32,35)/b4-3+. The van der Waals surface area contributed by atoms with Crippen LogP contribution in [0.25, 0.3) is 22.4 Å². The number of amides is 1. The summed E-state index contributed by atoms with van der Waals surface area (Å²) in [7, 11) is 0. The molecule has 1 aromatic carbocycles. The van der Waals surface area contributed by atoms with E-state index < -0.39 is 11.7 Å². The van der Waals surface area contributed by atoms with E-state index in [0.717, 1.165) is 50.9 Å². The number of anilines is 1. The average Bonchev–Trinajstić information content (AvgIpc) is 3.47. The number of pyridine rings is 1. The summed E-state index contributed by atoms with van der Waals surface area (Å²) in [6.45, 7) is 5.71. The Kier molecular flexibility index (Phi) is 6.34. The zero-order valence-corrected chi connectivity index (χ0v) is 19.7. The Balaban J connectivity index is 1.44. The molecule has 1 aromatic heterocycles. The number of halogens is 3. The van der Waals surface area contributed by atoms with Gasteiger partial charge in [0.1, 0.15) is 0 Å². The molecule has 35 heavy (non-hydrogen) atoms. The lowest BCUT2D eigenvalue weighted by Gasteiger charge is -2.23. The minimum Gasteiger partial charge on any atom is -0.382 e. The average molecular weight is 485 g/mol. The summed E-state index contributed by atoms with van der Waals surface area (Å²) >= 11 is 0. The van der Waals surface area contributed by atoms with Gasteiger partial charge in [0.2, 0.25) is 5.91 Å². The number of rotatable bonds is 7. The van der Waals surface area contributed by atoms with Gasteiger partial charge in [-0.05, 0) is 68.7 Å². The molecule has 2 aromatic rings. The summed E-state index contributed by atoms with van der Waals surface area (Å²) in [6.07, 6.45) is 5.04. The molecule has 1 aliphatic heterocycles. The Morgan fingerprint density at radius 1 is 1.23 bits per heavy atom. The zero-order chi connectivity index (χ0) is 24.6. The van der Waals surface area contributed by atoms with E-state index in [1.54, 1.807) is 24.3 Å². The fraction of sp³-hybridized carbons (Fsp3) is 0.481. The lowest BCUT2D eigenvalue weighted by atomic mass is 9.85. The van der Waals surface area contributed by atoms with Crippen molar-refractivity contribution in [3.8, 4) is 0 Å². The van der Waals surface area contributed by atoms with Crippen LogP contribution in [0.2, 0.25) is 0 Å². The van der Waals surface area contributed by atoms with Crippen LogP contribution in [0, 0.1) is 11.3 Å². The Morgan fingerprint density at radius 2 is 2.06 bits per heavy atom. The monoisotopic (exact) mass is 484 g/mol. The van der Waals surface area contributed by atoms with Gasteiger partial charge >= 0.3 is 6.18 Å². The van der Waals surface area contributed by atoms with Crippen molar-refractivity contribution in [1.29, 1.82) is 0 Å². The first-order valence-corrected chi connectivity index (χ1v) is 12.4. The molecule has 5 rings (SSSR count). The molecular weight excluding hydrogens is 453 g/mol. The lowest BCUT2D eigenvalue weighted by molar-refractivity contribution is -0.122. The molecular formula is C27H31F3N4O. The SMILES string of the molecule is C=C(c1nc(/C=C/CNC(=O)C2CC2)cc2c(NC3CCC4(CCNC4)C3)cccc12)C(F)(F)F. The Hall–Kier alpha value is -2.87. The third kappa shape index (κ3) is 5.22. The van der Waals surface area contributed by atoms with Crippen molar-refractivity contribution in [1.82, 2.24) is 15.6 Å². The summed E-state index contributed by atoms with van der Waals surface area (Å²) < 4.78 is 40.9. The van der Waals surface area contributed by atoms with Gasteiger partial charge in [-0.3, -0.25) is 4.79 Å². The summed E-state index contributed by atoms with van der Waals surface area (Å²) in [5, 5.41) is 11.0. The number of hydrogen-bond donors (Lipinski definition) is 3. The van der Waals surface area contributed by atoms with Gasteiger partial charge in [0.05, 0.1) is 17.0 Å². The van der Waals surface area contributed by atoms with Crippen LogP contribution < -0.4 is 16.0 Å². The van der Waals surface area contributed by atoms with E-state index in [9.17, 15) is 18.0 Å². The zero-order valence-electron chi connectivity index (χ0n) is 19.7. The van der Waals surface area contributed by atoms with Gasteiger partial charge in [-0.1, -0.05) is 24.8 Å². The second kappa shape index (κ2) is 9.30. The van der Waals surface area contributed by atoms with Crippen LogP contribution in [0.15, 0.2) is 36.9 Å². The van der Waals surface area contributed by atoms with Gasteiger partial charge in [0.15, 0.2) is 0 Å². The minimum absolute atomic E-state index is 0.0190. The number of nitrogens with zero attached hydrogens (tertiary/aromatic N) is 1. The first kappa shape index (κ1) is 23.9. The molecule has 2 saturated carbocycles. The second-order valence-electron chi connectivity index (χ2n) is 10.2. The maximum Gasteiger partial charge on any atom is 0.417 e. The van der Waals surface area contributed by atoms with Crippen LogP contribution >= 0.6 is 0 Å². The minimum atomic E-state index is -4.59. The highest BCUT2D eigenvalue weighted by atomic mass is 19.4. The van der Waals surface area contributed by atoms with Gasteiger partial charge in [0, 0.05) is 41.5 Å². The fourth-order valence-electron chi connectivity index (χ4n) is 5.43.